The normalized spacial score (nSPS) is 12.1. The van der Waals surface area contributed by atoms with Crippen LogP contribution < -0.4 is 5.32 Å². The van der Waals surface area contributed by atoms with E-state index in [2.05, 4.69) is 15.5 Å². The van der Waals surface area contributed by atoms with Gasteiger partial charge >= 0.3 is 0 Å². The van der Waals surface area contributed by atoms with Gasteiger partial charge < -0.3 is 10.4 Å². The molecule has 2 aromatic rings. The zero-order valence-corrected chi connectivity index (χ0v) is 11.5. The van der Waals surface area contributed by atoms with Gasteiger partial charge in [0.1, 0.15) is 0 Å². The van der Waals surface area contributed by atoms with Crippen LogP contribution in [0.15, 0.2) is 36.4 Å². The zero-order valence-electron chi connectivity index (χ0n) is 11.5. The lowest BCUT2D eigenvalue weighted by molar-refractivity contribution is -0.121. The molecule has 0 aliphatic rings. The number of aryl methyl sites for hydroxylation is 1. The molecule has 1 heterocycles. The summed E-state index contributed by atoms with van der Waals surface area (Å²) in [6, 6.07) is 11.3. The summed E-state index contributed by atoms with van der Waals surface area (Å²) in [7, 11) is 0. The number of hydrogen-bond donors (Lipinski definition) is 3. The summed E-state index contributed by atoms with van der Waals surface area (Å²) >= 11 is 0. The first-order chi connectivity index (χ1) is 9.69. The zero-order chi connectivity index (χ0) is 14.4. The minimum atomic E-state index is -0.172. The number of nitrogens with zero attached hydrogens (tertiary/aromatic N) is 1. The molecular weight excluding hydrogens is 254 g/mol. The standard InChI is InChI=1S/C15H19N3O2/c1-11-9-13(18-17-11)10-15(20)16-14(7-8-19)12-5-3-2-4-6-12/h2-6,9,14,19H,7-8,10H2,1H3,(H,16,20)(H,17,18)/t14-/m0/s1. The quantitative estimate of drug-likeness (QED) is 0.746. The molecule has 5 heteroatoms. The topological polar surface area (TPSA) is 78.0 Å². The molecule has 0 fully saturated rings. The summed E-state index contributed by atoms with van der Waals surface area (Å²) in [4.78, 5) is 12.0. The maximum absolute atomic E-state index is 12.0. The van der Waals surface area contributed by atoms with E-state index in [0.717, 1.165) is 17.0 Å². The summed E-state index contributed by atoms with van der Waals surface area (Å²) in [6.07, 6.45) is 0.731. The van der Waals surface area contributed by atoms with Gasteiger partial charge in [-0.25, -0.2) is 0 Å². The van der Waals surface area contributed by atoms with E-state index in [-0.39, 0.29) is 25.0 Å². The molecule has 0 saturated heterocycles. The number of carbonyl (C=O) groups is 1. The molecule has 1 atom stereocenters. The largest absolute Gasteiger partial charge is 0.396 e. The Kier molecular flexibility index (Phi) is 4.90. The predicted octanol–water partition coefficient (Wildman–Crippen LogP) is 1.50. The summed E-state index contributed by atoms with van der Waals surface area (Å²) in [6.45, 7) is 1.92. The number of aliphatic hydroxyl groups excluding tert-OH is 1. The first-order valence-corrected chi connectivity index (χ1v) is 6.65. The van der Waals surface area contributed by atoms with Gasteiger partial charge in [0.2, 0.25) is 5.91 Å². The average Bonchev–Trinajstić information content (AvgIpc) is 2.84. The molecule has 0 unspecified atom stereocenters. The highest BCUT2D eigenvalue weighted by molar-refractivity contribution is 5.78. The second-order valence-electron chi connectivity index (χ2n) is 4.76. The van der Waals surface area contributed by atoms with Crippen LogP contribution in [0.3, 0.4) is 0 Å². The van der Waals surface area contributed by atoms with E-state index < -0.39 is 0 Å². The van der Waals surface area contributed by atoms with Crippen LogP contribution in [0.4, 0.5) is 0 Å². The average molecular weight is 273 g/mol. The van der Waals surface area contributed by atoms with Crippen molar-refractivity contribution in [1.29, 1.82) is 0 Å². The van der Waals surface area contributed by atoms with Crippen molar-refractivity contribution in [3.63, 3.8) is 0 Å². The molecule has 106 valence electrons. The number of hydrogen-bond acceptors (Lipinski definition) is 3. The monoisotopic (exact) mass is 273 g/mol. The van der Waals surface area contributed by atoms with Gasteiger partial charge in [-0.1, -0.05) is 30.3 Å². The lowest BCUT2D eigenvalue weighted by Crippen LogP contribution is -2.30. The third-order valence-corrected chi connectivity index (χ3v) is 3.06. The van der Waals surface area contributed by atoms with Gasteiger partial charge in [0.25, 0.3) is 0 Å². The Balaban J connectivity index is 1.99. The van der Waals surface area contributed by atoms with E-state index in [0.29, 0.717) is 6.42 Å². The van der Waals surface area contributed by atoms with Crippen molar-refractivity contribution >= 4 is 5.91 Å². The Morgan fingerprint density at radius 1 is 1.40 bits per heavy atom. The van der Waals surface area contributed by atoms with Crippen LogP contribution in [0.25, 0.3) is 0 Å². The number of H-pyrrole nitrogens is 1. The third kappa shape index (κ3) is 3.93. The second-order valence-corrected chi connectivity index (χ2v) is 4.76. The fraction of sp³-hybridized carbons (Fsp3) is 0.333. The highest BCUT2D eigenvalue weighted by Crippen LogP contribution is 2.16. The highest BCUT2D eigenvalue weighted by Gasteiger charge is 2.15. The number of amides is 1. The van der Waals surface area contributed by atoms with Gasteiger partial charge in [0, 0.05) is 12.3 Å². The number of aliphatic hydroxyl groups is 1. The number of aromatic amines is 1. The van der Waals surface area contributed by atoms with Gasteiger partial charge in [-0.15, -0.1) is 0 Å². The van der Waals surface area contributed by atoms with Crippen LogP contribution >= 0.6 is 0 Å². The first-order valence-electron chi connectivity index (χ1n) is 6.65. The molecule has 5 nitrogen and oxygen atoms in total. The van der Waals surface area contributed by atoms with Crippen LogP contribution in [-0.4, -0.2) is 27.8 Å². The van der Waals surface area contributed by atoms with Crippen molar-refractivity contribution in [2.45, 2.75) is 25.8 Å². The summed E-state index contributed by atoms with van der Waals surface area (Å²) in [5, 5.41) is 18.9. The molecule has 2 rings (SSSR count). The van der Waals surface area contributed by atoms with Crippen LogP contribution in [-0.2, 0) is 11.2 Å². The van der Waals surface area contributed by atoms with E-state index in [1.165, 1.54) is 0 Å². The molecule has 0 aliphatic heterocycles. The van der Waals surface area contributed by atoms with Crippen molar-refractivity contribution in [1.82, 2.24) is 15.5 Å². The van der Waals surface area contributed by atoms with Crippen molar-refractivity contribution in [2.24, 2.45) is 0 Å². The van der Waals surface area contributed by atoms with Gasteiger partial charge in [-0.05, 0) is 25.0 Å². The predicted molar refractivity (Wildman–Crippen MR) is 76.1 cm³/mol. The van der Waals surface area contributed by atoms with E-state index in [1.54, 1.807) is 0 Å². The minimum Gasteiger partial charge on any atom is -0.396 e. The third-order valence-electron chi connectivity index (χ3n) is 3.06. The molecule has 1 aromatic heterocycles. The Bertz CT molecular complexity index is 551. The molecule has 0 bridgehead atoms. The maximum Gasteiger partial charge on any atom is 0.226 e. The molecular formula is C15H19N3O2. The maximum atomic E-state index is 12.0. The molecule has 1 amide bonds. The summed E-state index contributed by atoms with van der Waals surface area (Å²) < 4.78 is 0. The van der Waals surface area contributed by atoms with E-state index in [4.69, 9.17) is 5.11 Å². The van der Waals surface area contributed by atoms with E-state index >= 15 is 0 Å². The Morgan fingerprint density at radius 2 is 2.15 bits per heavy atom. The lowest BCUT2D eigenvalue weighted by Gasteiger charge is -2.18. The van der Waals surface area contributed by atoms with E-state index in [1.807, 2.05) is 43.3 Å². The van der Waals surface area contributed by atoms with Crippen LogP contribution in [0, 0.1) is 6.92 Å². The number of rotatable bonds is 6. The van der Waals surface area contributed by atoms with Gasteiger partial charge in [0.15, 0.2) is 0 Å². The molecule has 1 aromatic carbocycles. The van der Waals surface area contributed by atoms with Gasteiger partial charge in [0.05, 0.1) is 18.2 Å². The highest BCUT2D eigenvalue weighted by atomic mass is 16.3. The number of aromatic nitrogens is 2. The molecule has 0 spiro atoms. The van der Waals surface area contributed by atoms with Crippen LogP contribution in [0.2, 0.25) is 0 Å². The SMILES string of the molecule is Cc1cc(CC(=O)N[C@@H](CCO)c2ccccc2)n[nH]1. The van der Waals surface area contributed by atoms with Gasteiger partial charge in [-0.2, -0.15) is 5.10 Å². The minimum absolute atomic E-state index is 0.0291. The van der Waals surface area contributed by atoms with Crippen LogP contribution in [0.5, 0.6) is 0 Å². The van der Waals surface area contributed by atoms with Gasteiger partial charge in [-0.3, -0.25) is 9.89 Å². The van der Waals surface area contributed by atoms with Crippen molar-refractivity contribution in [3.05, 3.63) is 53.3 Å². The van der Waals surface area contributed by atoms with Crippen LogP contribution in [0.1, 0.15) is 29.4 Å². The fourth-order valence-electron chi connectivity index (χ4n) is 2.11. The van der Waals surface area contributed by atoms with Crippen molar-refractivity contribution in [3.8, 4) is 0 Å². The Morgan fingerprint density at radius 3 is 2.75 bits per heavy atom. The second kappa shape index (κ2) is 6.86. The molecule has 0 aliphatic carbocycles. The summed E-state index contributed by atoms with van der Waals surface area (Å²) in [5.74, 6) is -0.0983. The molecule has 20 heavy (non-hydrogen) atoms. The number of benzene rings is 1. The Labute approximate surface area is 118 Å². The molecule has 3 N–H and O–H groups in total. The first kappa shape index (κ1) is 14.3. The van der Waals surface area contributed by atoms with E-state index in [9.17, 15) is 4.79 Å². The summed E-state index contributed by atoms with van der Waals surface area (Å²) in [5.41, 5.74) is 2.65. The molecule has 0 saturated carbocycles. The number of nitrogens with one attached hydrogen (secondary N) is 2. The smallest absolute Gasteiger partial charge is 0.226 e. The van der Waals surface area contributed by atoms with Crippen molar-refractivity contribution in [2.75, 3.05) is 6.61 Å². The van der Waals surface area contributed by atoms with Crippen molar-refractivity contribution < 1.29 is 9.90 Å². The fourth-order valence-corrected chi connectivity index (χ4v) is 2.11. The molecule has 0 radical (unpaired) electrons. The Hall–Kier alpha value is -2.14. The number of carbonyl (C=O) groups excluding carboxylic acids is 1. The lowest BCUT2D eigenvalue weighted by atomic mass is 10.0.